The Bertz CT molecular complexity index is 957. The lowest BCUT2D eigenvalue weighted by molar-refractivity contribution is 0.428. The molecular weight excluding hydrogens is 290 g/mol. The summed E-state index contributed by atoms with van der Waals surface area (Å²) in [6.07, 6.45) is 3.42. The second kappa shape index (κ2) is 4.99. The van der Waals surface area contributed by atoms with Gasteiger partial charge in [-0.25, -0.2) is 4.85 Å². The van der Waals surface area contributed by atoms with Gasteiger partial charge in [0, 0.05) is 16.6 Å². The van der Waals surface area contributed by atoms with Crippen molar-refractivity contribution < 1.29 is 4.52 Å². The zero-order valence-corrected chi connectivity index (χ0v) is 12.8. The van der Waals surface area contributed by atoms with E-state index in [1.54, 1.807) is 12.5 Å². The maximum Gasteiger partial charge on any atom is 0.196 e. The molecule has 1 atom stereocenters. The first-order valence-corrected chi connectivity index (χ1v) is 7.45. The smallest absolute Gasteiger partial charge is 0.196 e. The summed E-state index contributed by atoms with van der Waals surface area (Å²) in [5, 5.41) is 15.4. The zero-order valence-electron chi connectivity index (χ0n) is 12.8. The summed E-state index contributed by atoms with van der Waals surface area (Å²) in [6, 6.07) is 5.87. The molecule has 0 saturated heterocycles. The summed E-state index contributed by atoms with van der Waals surface area (Å²) in [5.74, 6) is 0.877. The Morgan fingerprint density at radius 1 is 1.30 bits per heavy atom. The van der Waals surface area contributed by atoms with Crippen LogP contribution in [0.1, 0.15) is 30.9 Å². The number of rotatable bonds is 2. The fourth-order valence-corrected chi connectivity index (χ4v) is 3.16. The van der Waals surface area contributed by atoms with Crippen LogP contribution in [-0.4, -0.2) is 15.4 Å². The van der Waals surface area contributed by atoms with E-state index in [1.807, 2.05) is 18.2 Å². The average Bonchev–Trinajstić information content (AvgIpc) is 3.20. The van der Waals surface area contributed by atoms with E-state index < -0.39 is 0 Å². The van der Waals surface area contributed by atoms with Gasteiger partial charge in [0.15, 0.2) is 5.70 Å². The lowest BCUT2D eigenvalue weighted by Gasteiger charge is -2.28. The molecule has 6 nitrogen and oxygen atoms in total. The number of allylic oxidation sites excluding steroid dienone is 2. The predicted octanol–water partition coefficient (Wildman–Crippen LogP) is 3.90. The van der Waals surface area contributed by atoms with E-state index in [4.69, 9.17) is 11.1 Å². The molecule has 6 heteroatoms. The molecule has 23 heavy (non-hydrogen) atoms. The second-order valence-electron chi connectivity index (χ2n) is 5.92. The van der Waals surface area contributed by atoms with Crippen LogP contribution < -0.4 is 5.32 Å². The topological polar surface area (TPSA) is 71.1 Å². The molecular formula is C17H15N5O. The van der Waals surface area contributed by atoms with Gasteiger partial charge in [-0.2, -0.15) is 5.10 Å². The van der Waals surface area contributed by atoms with Crippen molar-refractivity contribution in [1.82, 2.24) is 15.4 Å². The van der Waals surface area contributed by atoms with Crippen LogP contribution in [0.4, 0.5) is 5.82 Å². The van der Waals surface area contributed by atoms with Crippen molar-refractivity contribution in [3.63, 3.8) is 0 Å². The van der Waals surface area contributed by atoms with Gasteiger partial charge in [0.2, 0.25) is 0 Å². The number of nitrogens with one attached hydrogen (secondary N) is 2. The first-order valence-electron chi connectivity index (χ1n) is 7.45. The Hall–Kier alpha value is -3.07. The molecule has 114 valence electrons. The number of anilines is 1. The Morgan fingerprint density at radius 2 is 2.17 bits per heavy atom. The fraction of sp³-hybridized carbons (Fsp3) is 0.235. The van der Waals surface area contributed by atoms with Crippen molar-refractivity contribution in [1.29, 1.82) is 0 Å². The highest BCUT2D eigenvalue weighted by Crippen LogP contribution is 2.44. The highest BCUT2D eigenvalue weighted by molar-refractivity contribution is 5.83. The Kier molecular flexibility index (Phi) is 2.95. The van der Waals surface area contributed by atoms with Gasteiger partial charge < -0.3 is 9.84 Å². The van der Waals surface area contributed by atoms with Gasteiger partial charge in [0.25, 0.3) is 0 Å². The molecule has 0 fully saturated rings. The summed E-state index contributed by atoms with van der Waals surface area (Å²) >= 11 is 0. The molecule has 0 aliphatic carbocycles. The third-order valence-electron chi connectivity index (χ3n) is 4.24. The maximum absolute atomic E-state index is 7.72. The molecule has 1 aliphatic heterocycles. The third kappa shape index (κ3) is 1.94. The summed E-state index contributed by atoms with van der Waals surface area (Å²) in [4.78, 5) is 3.85. The monoisotopic (exact) mass is 305 g/mol. The number of hydrogen-bond acceptors (Lipinski definition) is 4. The van der Waals surface area contributed by atoms with E-state index in [0.717, 1.165) is 33.5 Å². The van der Waals surface area contributed by atoms with Crippen molar-refractivity contribution in [3.8, 4) is 0 Å². The van der Waals surface area contributed by atoms with Crippen molar-refractivity contribution in [2.75, 3.05) is 5.32 Å². The molecule has 2 aromatic heterocycles. The number of hydrogen-bond donors (Lipinski definition) is 2. The van der Waals surface area contributed by atoms with Gasteiger partial charge >= 0.3 is 0 Å². The number of nitrogens with zero attached hydrogens (tertiary/aromatic N) is 3. The molecule has 0 amide bonds. The largest absolute Gasteiger partial charge is 0.363 e. The molecule has 3 heterocycles. The number of benzene rings is 1. The quantitative estimate of drug-likeness (QED) is 0.704. The molecule has 3 aromatic rings. The maximum atomic E-state index is 7.72. The van der Waals surface area contributed by atoms with Crippen molar-refractivity contribution in [2.45, 2.75) is 19.8 Å². The van der Waals surface area contributed by atoms with E-state index in [2.05, 4.69) is 39.4 Å². The van der Waals surface area contributed by atoms with Gasteiger partial charge in [-0.1, -0.05) is 31.1 Å². The molecule has 0 spiro atoms. The predicted molar refractivity (Wildman–Crippen MR) is 86.5 cm³/mol. The summed E-state index contributed by atoms with van der Waals surface area (Å²) in [5.41, 5.74) is 4.39. The number of aromatic amines is 1. The highest BCUT2D eigenvalue weighted by Gasteiger charge is 2.33. The van der Waals surface area contributed by atoms with Crippen LogP contribution >= 0.6 is 0 Å². The minimum Gasteiger partial charge on any atom is -0.363 e. The first kappa shape index (κ1) is 13.6. The van der Waals surface area contributed by atoms with E-state index in [-0.39, 0.29) is 11.8 Å². The Labute approximate surface area is 133 Å². The normalized spacial score (nSPS) is 17.2. The van der Waals surface area contributed by atoms with Gasteiger partial charge in [-0.15, -0.1) is 0 Å². The summed E-state index contributed by atoms with van der Waals surface area (Å²) < 4.78 is 5.13. The van der Waals surface area contributed by atoms with Gasteiger partial charge in [0.05, 0.1) is 18.7 Å². The first-order chi connectivity index (χ1) is 11.2. The van der Waals surface area contributed by atoms with Crippen LogP contribution in [0.15, 0.2) is 46.6 Å². The van der Waals surface area contributed by atoms with E-state index in [0.29, 0.717) is 5.70 Å². The number of aromatic nitrogens is 3. The van der Waals surface area contributed by atoms with Crippen LogP contribution in [0.25, 0.3) is 15.7 Å². The number of H-pyrrole nitrogens is 1. The van der Waals surface area contributed by atoms with Gasteiger partial charge in [-0.3, -0.25) is 5.10 Å². The number of fused-ring (bicyclic) bond motifs is 2. The van der Waals surface area contributed by atoms with E-state index in [9.17, 15) is 0 Å². The van der Waals surface area contributed by atoms with Crippen LogP contribution in [-0.2, 0) is 0 Å². The molecule has 0 radical (unpaired) electrons. The fourth-order valence-electron chi connectivity index (χ4n) is 3.16. The van der Waals surface area contributed by atoms with Crippen LogP contribution in [0.5, 0.6) is 0 Å². The molecule has 1 aliphatic rings. The van der Waals surface area contributed by atoms with Crippen LogP contribution in [0.2, 0.25) is 0 Å². The molecule has 2 N–H and O–H groups in total. The lowest BCUT2D eigenvalue weighted by Crippen LogP contribution is -2.20. The molecule has 0 bridgehead atoms. The summed E-state index contributed by atoms with van der Waals surface area (Å²) in [7, 11) is 0. The van der Waals surface area contributed by atoms with Crippen LogP contribution in [0.3, 0.4) is 0 Å². The van der Waals surface area contributed by atoms with Crippen LogP contribution in [0, 0.1) is 12.5 Å². The third-order valence-corrected chi connectivity index (χ3v) is 4.24. The molecule has 1 aromatic carbocycles. The second-order valence-corrected chi connectivity index (χ2v) is 5.92. The van der Waals surface area contributed by atoms with Crippen molar-refractivity contribution >= 4 is 16.7 Å². The molecule has 0 saturated carbocycles. The highest BCUT2D eigenvalue weighted by atomic mass is 16.5. The van der Waals surface area contributed by atoms with E-state index in [1.165, 1.54) is 0 Å². The summed E-state index contributed by atoms with van der Waals surface area (Å²) in [6.45, 7) is 11.9. The van der Waals surface area contributed by atoms with Crippen molar-refractivity contribution in [3.05, 3.63) is 64.6 Å². The Balaban J connectivity index is 2.02. The SMILES string of the molecule is [C-]#[N+]C1=C(C(C)C)Nc2[nH]ncc2C1c1cccc2nocc12. The average molecular weight is 305 g/mol. The van der Waals surface area contributed by atoms with Crippen molar-refractivity contribution in [2.24, 2.45) is 5.92 Å². The molecule has 4 rings (SSSR count). The standard InChI is InChI=1S/C17H15N5O/c1-9(2)15-16(18-3)14(11-7-19-21-17(11)20-15)10-5-4-6-13-12(10)8-23-22-13/h4-9,14H,1-2H3,(H2,19,20,21). The zero-order chi connectivity index (χ0) is 16.0. The van der Waals surface area contributed by atoms with Gasteiger partial charge in [0.1, 0.15) is 17.6 Å². The van der Waals surface area contributed by atoms with Gasteiger partial charge in [-0.05, 0) is 17.5 Å². The minimum absolute atomic E-state index is 0.178. The molecule has 1 unspecified atom stereocenters. The van der Waals surface area contributed by atoms with E-state index >= 15 is 0 Å². The lowest BCUT2D eigenvalue weighted by atomic mass is 9.83. The minimum atomic E-state index is -0.178. The Morgan fingerprint density at radius 3 is 2.96 bits per heavy atom.